The van der Waals surface area contributed by atoms with E-state index in [1.165, 1.54) is 0 Å². The van der Waals surface area contributed by atoms with Gasteiger partial charge in [0.15, 0.2) is 0 Å². The number of hydrogen-bond donors (Lipinski definition) is 0. The van der Waals surface area contributed by atoms with Crippen molar-refractivity contribution in [3.05, 3.63) is 168 Å². The normalized spacial score (nSPS) is 11.1. The Morgan fingerprint density at radius 2 is 0.980 bits per heavy atom. The molecule has 2 heterocycles. The molecule has 9 aromatic rings. The first-order valence-electron chi connectivity index (χ1n) is 16.3. The molecule has 0 unspecified atom stereocenters. The Balaban J connectivity index is 1.32. The zero-order valence-electron chi connectivity index (χ0n) is 26.7. The average Bonchev–Trinajstić information content (AvgIpc) is 3.70. The molecule has 0 radical (unpaired) electrons. The molecule has 7 aromatic carbocycles. The molecule has 5 nitrogen and oxygen atoms in total. The van der Waals surface area contributed by atoms with E-state index in [0.29, 0.717) is 16.7 Å². The maximum absolute atomic E-state index is 10.1. The molecule has 9 rings (SSSR count). The summed E-state index contributed by atoms with van der Waals surface area (Å²) in [5.41, 5.74) is 11.9. The molecule has 0 aliphatic carbocycles. The van der Waals surface area contributed by atoms with Gasteiger partial charge < -0.3 is 9.13 Å². The van der Waals surface area contributed by atoms with Crippen LogP contribution in [0.4, 0.5) is 0 Å². The second-order valence-corrected chi connectivity index (χ2v) is 12.3. The Morgan fingerprint density at radius 3 is 1.70 bits per heavy atom. The van der Waals surface area contributed by atoms with Gasteiger partial charge in [0.25, 0.3) is 0 Å². The van der Waals surface area contributed by atoms with Crippen molar-refractivity contribution in [1.29, 1.82) is 15.8 Å². The van der Waals surface area contributed by atoms with Crippen molar-refractivity contribution in [1.82, 2.24) is 9.13 Å². The molecular weight excluding hydrogens is 611 g/mol. The van der Waals surface area contributed by atoms with Crippen molar-refractivity contribution in [3.63, 3.8) is 0 Å². The van der Waals surface area contributed by atoms with E-state index in [9.17, 15) is 15.8 Å². The maximum Gasteiger partial charge on any atom is 0.101 e. The fourth-order valence-corrected chi connectivity index (χ4v) is 7.44. The van der Waals surface area contributed by atoms with E-state index < -0.39 is 0 Å². The van der Waals surface area contributed by atoms with Crippen LogP contribution in [0.3, 0.4) is 0 Å². The zero-order valence-corrected chi connectivity index (χ0v) is 26.7. The van der Waals surface area contributed by atoms with Gasteiger partial charge in [-0.2, -0.15) is 15.8 Å². The minimum atomic E-state index is 0.596. The number of rotatable bonds is 4. The summed E-state index contributed by atoms with van der Waals surface area (Å²) >= 11 is 0. The monoisotopic (exact) mass is 635 g/mol. The van der Waals surface area contributed by atoms with Gasteiger partial charge in [0.1, 0.15) is 6.07 Å². The predicted molar refractivity (Wildman–Crippen MR) is 200 cm³/mol. The molecule has 230 valence electrons. The minimum Gasteiger partial charge on any atom is -0.309 e. The molecule has 0 atom stereocenters. The van der Waals surface area contributed by atoms with Gasteiger partial charge in [0.05, 0.1) is 56.6 Å². The molecule has 0 saturated heterocycles. The van der Waals surface area contributed by atoms with Crippen molar-refractivity contribution in [3.8, 4) is 51.8 Å². The molecule has 0 fully saturated rings. The summed E-state index contributed by atoms with van der Waals surface area (Å²) in [4.78, 5) is 0. The third-order valence-corrected chi connectivity index (χ3v) is 9.62. The molecule has 0 amide bonds. The van der Waals surface area contributed by atoms with Crippen molar-refractivity contribution in [2.75, 3.05) is 0 Å². The fourth-order valence-electron chi connectivity index (χ4n) is 7.44. The van der Waals surface area contributed by atoms with Crippen molar-refractivity contribution in [2.24, 2.45) is 0 Å². The second-order valence-electron chi connectivity index (χ2n) is 12.3. The average molecular weight is 636 g/mol. The van der Waals surface area contributed by atoms with E-state index in [1.807, 2.05) is 72.8 Å². The third-order valence-electron chi connectivity index (χ3n) is 9.62. The Hall–Kier alpha value is -7.39. The lowest BCUT2D eigenvalue weighted by Gasteiger charge is -2.15. The van der Waals surface area contributed by atoms with Crippen LogP contribution in [0.15, 0.2) is 152 Å². The van der Waals surface area contributed by atoms with Crippen LogP contribution in [0.25, 0.3) is 77.2 Å². The standard InChI is InChI=1S/C45H25N5/c46-26-29-18-21-34(22-19-29)49-43-23-20-30(27-47)24-40(43)39-15-7-12-35(44(39)49)31-9-5-10-32(25-31)36-13-6-14-38-37-11-2-4-17-42(37)50(45(36)38)41-16-3-1-8-33(41)28-48/h1-25H. The van der Waals surface area contributed by atoms with E-state index in [1.54, 1.807) is 0 Å². The summed E-state index contributed by atoms with van der Waals surface area (Å²) in [6.07, 6.45) is 0. The minimum absolute atomic E-state index is 0.596. The second kappa shape index (κ2) is 11.4. The first-order chi connectivity index (χ1) is 24.7. The highest BCUT2D eigenvalue weighted by atomic mass is 15.0. The van der Waals surface area contributed by atoms with Crippen LogP contribution >= 0.6 is 0 Å². The van der Waals surface area contributed by atoms with Crippen molar-refractivity contribution < 1.29 is 0 Å². The largest absolute Gasteiger partial charge is 0.309 e. The van der Waals surface area contributed by atoms with Gasteiger partial charge in [-0.25, -0.2) is 0 Å². The molecule has 50 heavy (non-hydrogen) atoms. The molecule has 0 spiro atoms. The van der Waals surface area contributed by atoms with Gasteiger partial charge in [-0.1, -0.05) is 84.9 Å². The molecular formula is C45H25N5. The first kappa shape index (κ1) is 28.8. The maximum atomic E-state index is 10.1. The number of fused-ring (bicyclic) bond motifs is 6. The van der Waals surface area contributed by atoms with E-state index in [-0.39, 0.29) is 0 Å². The van der Waals surface area contributed by atoms with Crippen LogP contribution in [-0.4, -0.2) is 9.13 Å². The summed E-state index contributed by atoms with van der Waals surface area (Å²) in [6.45, 7) is 0. The summed E-state index contributed by atoms with van der Waals surface area (Å²) in [7, 11) is 0. The topological polar surface area (TPSA) is 81.2 Å². The quantitative estimate of drug-likeness (QED) is 0.193. The van der Waals surface area contributed by atoms with Crippen LogP contribution in [-0.2, 0) is 0 Å². The van der Waals surface area contributed by atoms with Gasteiger partial charge in [0, 0.05) is 38.4 Å². The van der Waals surface area contributed by atoms with E-state index in [4.69, 9.17) is 0 Å². The molecule has 0 bridgehead atoms. The predicted octanol–water partition coefficient (Wildman–Crippen LogP) is 10.8. The summed E-state index contributed by atoms with van der Waals surface area (Å²) in [5.74, 6) is 0. The number of nitrogens with zero attached hydrogens (tertiary/aromatic N) is 5. The Kier molecular flexibility index (Phi) is 6.56. The van der Waals surface area contributed by atoms with Crippen LogP contribution < -0.4 is 0 Å². The lowest BCUT2D eigenvalue weighted by atomic mass is 9.96. The van der Waals surface area contributed by atoms with Crippen LogP contribution in [0.2, 0.25) is 0 Å². The highest BCUT2D eigenvalue weighted by Gasteiger charge is 2.20. The molecule has 0 N–H and O–H groups in total. The van der Waals surface area contributed by atoms with E-state index in [0.717, 1.165) is 77.2 Å². The van der Waals surface area contributed by atoms with Crippen molar-refractivity contribution in [2.45, 2.75) is 0 Å². The summed E-state index contributed by atoms with van der Waals surface area (Å²) < 4.78 is 4.45. The van der Waals surface area contributed by atoms with Gasteiger partial charge in [-0.05, 0) is 77.9 Å². The van der Waals surface area contributed by atoms with Crippen LogP contribution in [0.5, 0.6) is 0 Å². The van der Waals surface area contributed by atoms with Gasteiger partial charge in [-0.3, -0.25) is 0 Å². The lowest BCUT2D eigenvalue weighted by Crippen LogP contribution is -1.98. The van der Waals surface area contributed by atoms with Gasteiger partial charge in [0.2, 0.25) is 0 Å². The zero-order chi connectivity index (χ0) is 33.8. The van der Waals surface area contributed by atoms with E-state index >= 15 is 0 Å². The SMILES string of the molecule is N#Cc1ccc(-n2c3ccc(C#N)cc3c3cccc(-c4cccc(-c5cccc6c7ccccc7n(-c7ccccc7C#N)c56)c4)c32)cc1. The molecule has 5 heteroatoms. The van der Waals surface area contributed by atoms with Crippen LogP contribution in [0.1, 0.15) is 16.7 Å². The Labute approximate surface area is 287 Å². The molecule has 0 aliphatic heterocycles. The third kappa shape index (κ3) is 4.31. The van der Waals surface area contributed by atoms with E-state index in [2.05, 4.69) is 106 Å². The number of nitriles is 3. The molecule has 0 aliphatic rings. The Bertz CT molecular complexity index is 2960. The summed E-state index contributed by atoms with van der Waals surface area (Å²) in [6, 6.07) is 57.9. The highest BCUT2D eigenvalue weighted by molar-refractivity contribution is 6.16. The van der Waals surface area contributed by atoms with Crippen LogP contribution in [0, 0.1) is 34.0 Å². The smallest absolute Gasteiger partial charge is 0.101 e. The molecule has 2 aromatic heterocycles. The number of aromatic nitrogens is 2. The summed E-state index contributed by atoms with van der Waals surface area (Å²) in [5, 5.41) is 33.6. The highest BCUT2D eigenvalue weighted by Crippen LogP contribution is 2.42. The van der Waals surface area contributed by atoms with Gasteiger partial charge >= 0.3 is 0 Å². The number of hydrogen-bond acceptors (Lipinski definition) is 3. The first-order valence-corrected chi connectivity index (χ1v) is 16.3. The van der Waals surface area contributed by atoms with Gasteiger partial charge in [-0.15, -0.1) is 0 Å². The lowest BCUT2D eigenvalue weighted by molar-refractivity contribution is 1.17. The Morgan fingerprint density at radius 1 is 0.400 bits per heavy atom. The van der Waals surface area contributed by atoms with Crippen molar-refractivity contribution >= 4 is 43.6 Å². The number of benzene rings is 7. The number of para-hydroxylation sites is 4. The fraction of sp³-hybridized carbons (Fsp3) is 0. The molecule has 0 saturated carbocycles.